The lowest BCUT2D eigenvalue weighted by Crippen LogP contribution is -1.79. The Bertz CT molecular complexity index is 19.5. The molecule has 0 spiro atoms. The summed E-state index contributed by atoms with van der Waals surface area (Å²) >= 11 is 0. The van der Waals surface area contributed by atoms with Crippen molar-refractivity contribution in [2.75, 3.05) is 6.61 Å². The molecule has 0 aliphatic rings. The highest BCUT2D eigenvalue weighted by Crippen LogP contribution is 1.87. The van der Waals surface area contributed by atoms with Crippen LogP contribution in [0.3, 0.4) is 0 Å². The first-order chi connectivity index (χ1) is 2.91. The maximum absolute atomic E-state index is 8.14. The summed E-state index contributed by atoms with van der Waals surface area (Å²) in [6.07, 6.45) is 2.48. The zero-order valence-electron chi connectivity index (χ0n) is 3.85. The van der Waals surface area contributed by atoms with E-state index < -0.39 is 0 Å². The van der Waals surface area contributed by atoms with Crippen LogP contribution in [0.5, 0.6) is 0 Å². The van der Waals surface area contributed by atoms with E-state index in [1.807, 2.05) is 0 Å². The molecular weight excluding hydrogens is 74.9 g/mol. The summed E-state index contributed by atoms with van der Waals surface area (Å²) in [7, 11) is 5.10. The molecule has 0 saturated heterocycles. The van der Waals surface area contributed by atoms with Gasteiger partial charge in [0, 0.05) is 6.61 Å². The molecular formula is C4H9BO. The molecule has 0 amide bonds. The maximum Gasteiger partial charge on any atom is 0.0653 e. The van der Waals surface area contributed by atoms with Gasteiger partial charge in [-0.15, -0.1) is 0 Å². The molecule has 0 bridgehead atoms. The fraction of sp³-hybridized carbons (Fsp3) is 1.00. The molecule has 1 N–H and O–H groups in total. The molecule has 0 fully saturated rings. The Morgan fingerprint density at radius 3 is 2.17 bits per heavy atom. The molecule has 0 unspecified atom stereocenters. The van der Waals surface area contributed by atoms with Crippen molar-refractivity contribution in [2.45, 2.75) is 19.2 Å². The van der Waals surface area contributed by atoms with E-state index in [0.717, 1.165) is 12.8 Å². The Kier molecular flexibility index (Phi) is 5.05. The molecule has 0 aromatic carbocycles. The van der Waals surface area contributed by atoms with Crippen molar-refractivity contribution < 1.29 is 5.11 Å². The first kappa shape index (κ1) is 6.02. The van der Waals surface area contributed by atoms with Crippen molar-refractivity contribution in [1.29, 1.82) is 0 Å². The lowest BCUT2D eigenvalue weighted by Gasteiger charge is -1.86. The van der Waals surface area contributed by atoms with Crippen LogP contribution in [0.25, 0.3) is 0 Å². The summed E-state index contributed by atoms with van der Waals surface area (Å²) in [5.41, 5.74) is 0. The monoisotopic (exact) mass is 84.1 g/mol. The van der Waals surface area contributed by atoms with Gasteiger partial charge >= 0.3 is 0 Å². The van der Waals surface area contributed by atoms with Crippen molar-refractivity contribution in [3.63, 3.8) is 0 Å². The standard InChI is InChI=1S/C4H9BO/c5-3-1-2-4-6/h6H,1-4H2. The van der Waals surface area contributed by atoms with Crippen molar-refractivity contribution in [1.82, 2.24) is 0 Å². The van der Waals surface area contributed by atoms with Crippen LogP contribution in [0, 0.1) is 0 Å². The molecule has 0 atom stereocenters. The Morgan fingerprint density at radius 1 is 1.33 bits per heavy atom. The second-order valence-corrected chi connectivity index (χ2v) is 1.22. The van der Waals surface area contributed by atoms with E-state index in [4.69, 9.17) is 13.0 Å². The SMILES string of the molecule is [B]CCCCO. The predicted molar refractivity (Wildman–Crippen MR) is 26.9 cm³/mol. The van der Waals surface area contributed by atoms with Gasteiger partial charge in [-0.25, -0.2) is 0 Å². The van der Waals surface area contributed by atoms with Gasteiger partial charge in [0.1, 0.15) is 0 Å². The summed E-state index contributed by atoms with van der Waals surface area (Å²) in [6.45, 7) is 0.275. The van der Waals surface area contributed by atoms with Gasteiger partial charge in [-0.1, -0.05) is 12.7 Å². The minimum atomic E-state index is 0.275. The van der Waals surface area contributed by atoms with E-state index in [9.17, 15) is 0 Å². The molecule has 2 heteroatoms. The van der Waals surface area contributed by atoms with Crippen LogP contribution >= 0.6 is 0 Å². The minimum Gasteiger partial charge on any atom is -0.396 e. The molecule has 0 rings (SSSR count). The quantitative estimate of drug-likeness (QED) is 0.386. The molecule has 0 aliphatic heterocycles. The largest absolute Gasteiger partial charge is 0.396 e. The summed E-state index contributed by atoms with van der Waals surface area (Å²) in [5.74, 6) is 0. The van der Waals surface area contributed by atoms with Crippen LogP contribution in [0.15, 0.2) is 0 Å². The van der Waals surface area contributed by atoms with Crippen molar-refractivity contribution >= 4 is 7.85 Å². The Morgan fingerprint density at radius 2 is 2.00 bits per heavy atom. The van der Waals surface area contributed by atoms with Gasteiger partial charge in [-0.2, -0.15) is 0 Å². The number of hydrogen-bond donors (Lipinski definition) is 1. The first-order valence-corrected chi connectivity index (χ1v) is 2.22. The third kappa shape index (κ3) is 4.02. The topological polar surface area (TPSA) is 20.2 Å². The summed E-state index contributed by atoms with van der Waals surface area (Å²) in [5, 5.41) is 8.14. The molecule has 0 aromatic heterocycles. The Hall–Kier alpha value is 0.0249. The molecule has 0 aliphatic carbocycles. The zero-order valence-corrected chi connectivity index (χ0v) is 3.85. The number of aliphatic hydroxyl groups excluding tert-OH is 1. The molecule has 0 saturated carbocycles. The van der Waals surface area contributed by atoms with Gasteiger partial charge in [0.15, 0.2) is 0 Å². The molecule has 0 aromatic rings. The number of rotatable bonds is 3. The lowest BCUT2D eigenvalue weighted by molar-refractivity contribution is 0.287. The van der Waals surface area contributed by atoms with Gasteiger partial charge in [0.25, 0.3) is 0 Å². The van der Waals surface area contributed by atoms with Gasteiger partial charge in [-0.3, -0.25) is 0 Å². The lowest BCUT2D eigenvalue weighted by atomic mass is 10.0. The average molecular weight is 83.9 g/mol. The van der Waals surface area contributed by atoms with E-state index in [1.54, 1.807) is 0 Å². The van der Waals surface area contributed by atoms with E-state index in [2.05, 4.69) is 0 Å². The van der Waals surface area contributed by atoms with Crippen molar-refractivity contribution in [3.8, 4) is 0 Å². The Balaban J connectivity index is 2.34. The number of aliphatic hydroxyl groups is 1. The van der Waals surface area contributed by atoms with Crippen LogP contribution in [-0.2, 0) is 0 Å². The molecule has 2 radical (unpaired) electrons. The van der Waals surface area contributed by atoms with Crippen LogP contribution in [-0.4, -0.2) is 19.6 Å². The third-order valence-electron chi connectivity index (χ3n) is 0.612. The van der Waals surface area contributed by atoms with Gasteiger partial charge in [0.05, 0.1) is 7.85 Å². The highest BCUT2D eigenvalue weighted by atomic mass is 16.2. The molecule has 6 heavy (non-hydrogen) atoms. The molecule has 34 valence electrons. The summed E-state index contributed by atoms with van der Waals surface area (Å²) < 4.78 is 0. The summed E-state index contributed by atoms with van der Waals surface area (Å²) in [6, 6.07) is 0. The van der Waals surface area contributed by atoms with Crippen LogP contribution < -0.4 is 0 Å². The van der Waals surface area contributed by atoms with Gasteiger partial charge < -0.3 is 5.11 Å². The van der Waals surface area contributed by atoms with Crippen LogP contribution in [0.4, 0.5) is 0 Å². The fourth-order valence-corrected chi connectivity index (χ4v) is 0.256. The number of unbranched alkanes of at least 4 members (excludes halogenated alkanes) is 1. The van der Waals surface area contributed by atoms with Crippen molar-refractivity contribution in [2.24, 2.45) is 0 Å². The van der Waals surface area contributed by atoms with Crippen LogP contribution in [0.2, 0.25) is 6.32 Å². The molecule has 0 heterocycles. The zero-order chi connectivity index (χ0) is 4.83. The highest BCUT2D eigenvalue weighted by Gasteiger charge is 1.76. The first-order valence-electron chi connectivity index (χ1n) is 2.22. The van der Waals surface area contributed by atoms with Gasteiger partial charge in [-0.05, 0) is 6.42 Å². The van der Waals surface area contributed by atoms with Crippen molar-refractivity contribution in [3.05, 3.63) is 0 Å². The normalized spacial score (nSPS) is 8.83. The molecule has 1 nitrogen and oxygen atoms in total. The second kappa shape index (κ2) is 5.02. The minimum absolute atomic E-state index is 0.275. The summed E-state index contributed by atoms with van der Waals surface area (Å²) in [4.78, 5) is 0. The Labute approximate surface area is 39.8 Å². The van der Waals surface area contributed by atoms with Crippen LogP contribution in [0.1, 0.15) is 12.8 Å². The highest BCUT2D eigenvalue weighted by molar-refractivity contribution is 6.08. The maximum atomic E-state index is 8.14. The third-order valence-corrected chi connectivity index (χ3v) is 0.612. The van der Waals surface area contributed by atoms with Gasteiger partial charge in [0.2, 0.25) is 0 Å². The smallest absolute Gasteiger partial charge is 0.0653 e. The average Bonchev–Trinajstić information content (AvgIpc) is 1.61. The fourth-order valence-electron chi connectivity index (χ4n) is 0.256. The predicted octanol–water partition coefficient (Wildman–Crippen LogP) is 0.346. The van der Waals surface area contributed by atoms with E-state index in [0.29, 0.717) is 6.32 Å². The second-order valence-electron chi connectivity index (χ2n) is 1.22. The van der Waals surface area contributed by atoms with E-state index in [1.165, 1.54) is 0 Å². The van der Waals surface area contributed by atoms with E-state index >= 15 is 0 Å². The number of hydrogen-bond acceptors (Lipinski definition) is 1. The van der Waals surface area contributed by atoms with E-state index in [-0.39, 0.29) is 6.61 Å².